The van der Waals surface area contributed by atoms with Crippen LogP contribution < -0.4 is 11.1 Å². The molecule has 2 nitrogen and oxygen atoms in total. The first-order valence-corrected chi connectivity index (χ1v) is 5.41. The van der Waals surface area contributed by atoms with Crippen molar-refractivity contribution in [3.8, 4) is 0 Å². The van der Waals surface area contributed by atoms with Crippen molar-refractivity contribution >= 4 is 0 Å². The van der Waals surface area contributed by atoms with Crippen molar-refractivity contribution in [1.82, 2.24) is 5.32 Å². The molecule has 0 aromatic rings. The molecule has 0 aromatic heterocycles. The van der Waals surface area contributed by atoms with E-state index in [0.717, 1.165) is 6.42 Å². The lowest BCUT2D eigenvalue weighted by Gasteiger charge is -2.31. The Labute approximate surface area is 82.3 Å². The van der Waals surface area contributed by atoms with Gasteiger partial charge in [-0.3, -0.25) is 0 Å². The summed E-state index contributed by atoms with van der Waals surface area (Å²) < 4.78 is 0. The van der Waals surface area contributed by atoms with Gasteiger partial charge in [0.1, 0.15) is 0 Å². The number of nitrogens with one attached hydrogen (secondary N) is 1. The molecule has 0 aliphatic heterocycles. The maximum absolute atomic E-state index is 5.87. The van der Waals surface area contributed by atoms with Gasteiger partial charge in [-0.2, -0.15) is 0 Å². The molecule has 3 unspecified atom stereocenters. The summed E-state index contributed by atoms with van der Waals surface area (Å²) in [7, 11) is 0. The van der Waals surface area contributed by atoms with Crippen molar-refractivity contribution in [2.75, 3.05) is 0 Å². The van der Waals surface area contributed by atoms with Crippen LogP contribution in [-0.2, 0) is 0 Å². The zero-order valence-corrected chi connectivity index (χ0v) is 9.43. The molecule has 1 aliphatic rings. The predicted molar refractivity (Wildman–Crippen MR) is 57.7 cm³/mol. The maximum atomic E-state index is 5.87. The molecule has 0 bridgehead atoms. The highest BCUT2D eigenvalue weighted by Crippen LogP contribution is 2.23. The molecule has 78 valence electrons. The highest BCUT2D eigenvalue weighted by atomic mass is 15.0. The van der Waals surface area contributed by atoms with E-state index in [0.29, 0.717) is 23.5 Å². The van der Waals surface area contributed by atoms with Gasteiger partial charge in [0.05, 0.1) is 0 Å². The van der Waals surface area contributed by atoms with Crippen LogP contribution in [0.25, 0.3) is 0 Å². The summed E-state index contributed by atoms with van der Waals surface area (Å²) >= 11 is 0. The van der Waals surface area contributed by atoms with Crippen molar-refractivity contribution in [1.29, 1.82) is 0 Å². The zero-order valence-electron chi connectivity index (χ0n) is 9.43. The van der Waals surface area contributed by atoms with E-state index in [1.54, 1.807) is 0 Å². The van der Waals surface area contributed by atoms with E-state index in [-0.39, 0.29) is 0 Å². The molecule has 0 radical (unpaired) electrons. The number of nitrogens with two attached hydrogens (primary N) is 1. The molecule has 3 N–H and O–H groups in total. The first-order valence-electron chi connectivity index (χ1n) is 5.41. The predicted octanol–water partition coefficient (Wildman–Crippen LogP) is 1.89. The Morgan fingerprint density at radius 1 is 1.31 bits per heavy atom. The van der Waals surface area contributed by atoms with Crippen LogP contribution in [0.3, 0.4) is 0 Å². The summed E-state index contributed by atoms with van der Waals surface area (Å²) in [5, 5.41) is 3.67. The van der Waals surface area contributed by atoms with Gasteiger partial charge >= 0.3 is 0 Å². The highest BCUT2D eigenvalue weighted by molar-refractivity contribution is 4.87. The van der Waals surface area contributed by atoms with Gasteiger partial charge in [-0.15, -0.1) is 0 Å². The molecule has 0 spiro atoms. The summed E-state index contributed by atoms with van der Waals surface area (Å²) in [6.45, 7) is 9.10. The minimum Gasteiger partial charge on any atom is -0.328 e. The molecule has 1 saturated carbocycles. The Morgan fingerprint density at radius 3 is 2.31 bits per heavy atom. The lowest BCUT2D eigenvalue weighted by Crippen LogP contribution is -2.43. The van der Waals surface area contributed by atoms with Gasteiger partial charge in [-0.25, -0.2) is 0 Å². The molecular weight excluding hydrogens is 160 g/mol. The minimum absolute atomic E-state index is 0.354. The van der Waals surface area contributed by atoms with Crippen LogP contribution in [0.15, 0.2) is 0 Å². The first kappa shape index (κ1) is 11.0. The molecule has 1 rings (SSSR count). The summed E-state index contributed by atoms with van der Waals surface area (Å²) in [6, 6.07) is 1.66. The van der Waals surface area contributed by atoms with Crippen LogP contribution in [0.4, 0.5) is 0 Å². The van der Waals surface area contributed by atoms with E-state index in [9.17, 15) is 0 Å². The molecular formula is C11H24N2. The van der Waals surface area contributed by atoms with Gasteiger partial charge in [0.25, 0.3) is 0 Å². The Hall–Kier alpha value is -0.0800. The van der Waals surface area contributed by atoms with E-state index in [4.69, 9.17) is 5.73 Å². The van der Waals surface area contributed by atoms with Crippen molar-refractivity contribution < 1.29 is 0 Å². The normalized spacial score (nSPS) is 32.1. The van der Waals surface area contributed by atoms with Crippen molar-refractivity contribution in [3.05, 3.63) is 0 Å². The SMILES string of the molecule is CC(NC1CCC(N)C1)C(C)(C)C. The van der Waals surface area contributed by atoms with Crippen LogP contribution in [0.5, 0.6) is 0 Å². The second-order valence-electron chi connectivity index (χ2n) is 5.52. The largest absolute Gasteiger partial charge is 0.328 e. The van der Waals surface area contributed by atoms with Gasteiger partial charge in [0.2, 0.25) is 0 Å². The van der Waals surface area contributed by atoms with Gasteiger partial charge in [-0.1, -0.05) is 20.8 Å². The number of rotatable bonds is 2. The summed E-state index contributed by atoms with van der Waals surface area (Å²) in [5.41, 5.74) is 6.22. The van der Waals surface area contributed by atoms with Crippen LogP contribution in [0, 0.1) is 5.41 Å². The molecule has 1 fully saturated rings. The van der Waals surface area contributed by atoms with Crippen LogP contribution in [0.2, 0.25) is 0 Å². The average Bonchev–Trinajstić information content (AvgIpc) is 2.33. The third-order valence-electron chi connectivity index (χ3n) is 3.26. The Morgan fingerprint density at radius 2 is 1.92 bits per heavy atom. The average molecular weight is 184 g/mol. The monoisotopic (exact) mass is 184 g/mol. The van der Waals surface area contributed by atoms with E-state index in [1.807, 2.05) is 0 Å². The fraction of sp³-hybridized carbons (Fsp3) is 1.00. The lowest BCUT2D eigenvalue weighted by molar-refractivity contribution is 0.262. The van der Waals surface area contributed by atoms with Gasteiger partial charge < -0.3 is 11.1 Å². The molecule has 3 atom stereocenters. The Bertz CT molecular complexity index is 160. The quantitative estimate of drug-likeness (QED) is 0.688. The molecule has 0 heterocycles. The lowest BCUT2D eigenvalue weighted by atomic mass is 9.87. The van der Waals surface area contributed by atoms with Crippen LogP contribution in [-0.4, -0.2) is 18.1 Å². The summed E-state index contributed by atoms with van der Waals surface area (Å²) in [4.78, 5) is 0. The second-order valence-corrected chi connectivity index (χ2v) is 5.52. The molecule has 0 amide bonds. The zero-order chi connectivity index (χ0) is 10.1. The molecule has 2 heteroatoms. The minimum atomic E-state index is 0.354. The highest BCUT2D eigenvalue weighted by Gasteiger charge is 2.27. The van der Waals surface area contributed by atoms with Crippen molar-refractivity contribution in [2.45, 2.75) is 65.1 Å². The topological polar surface area (TPSA) is 38.0 Å². The summed E-state index contributed by atoms with van der Waals surface area (Å²) in [6.07, 6.45) is 3.59. The molecule has 1 aliphatic carbocycles. The maximum Gasteiger partial charge on any atom is 0.00898 e. The smallest absolute Gasteiger partial charge is 0.00898 e. The second kappa shape index (κ2) is 3.97. The Kier molecular flexibility index (Phi) is 3.36. The molecule has 13 heavy (non-hydrogen) atoms. The van der Waals surface area contributed by atoms with Crippen molar-refractivity contribution in [3.63, 3.8) is 0 Å². The molecule has 0 saturated heterocycles. The first-order chi connectivity index (χ1) is 5.89. The fourth-order valence-corrected chi connectivity index (χ4v) is 1.77. The van der Waals surface area contributed by atoms with Crippen LogP contribution in [0.1, 0.15) is 47.0 Å². The van der Waals surface area contributed by atoms with Crippen LogP contribution >= 0.6 is 0 Å². The summed E-state index contributed by atoms with van der Waals surface area (Å²) in [5.74, 6) is 0. The van der Waals surface area contributed by atoms with E-state index < -0.39 is 0 Å². The Balaban J connectivity index is 2.33. The van der Waals surface area contributed by atoms with Gasteiger partial charge in [-0.05, 0) is 31.6 Å². The molecule has 0 aromatic carbocycles. The number of hydrogen-bond donors (Lipinski definition) is 2. The van der Waals surface area contributed by atoms with Crippen molar-refractivity contribution in [2.24, 2.45) is 11.1 Å². The number of hydrogen-bond acceptors (Lipinski definition) is 2. The van der Waals surface area contributed by atoms with E-state index >= 15 is 0 Å². The van der Waals surface area contributed by atoms with E-state index in [1.165, 1.54) is 12.8 Å². The van der Waals surface area contributed by atoms with Gasteiger partial charge in [0, 0.05) is 18.1 Å². The standard InChI is InChI=1S/C11H24N2/c1-8(11(2,3)4)13-10-6-5-9(12)7-10/h8-10,13H,5-7,12H2,1-4H3. The third-order valence-corrected chi connectivity index (χ3v) is 3.26. The van der Waals surface area contributed by atoms with E-state index in [2.05, 4.69) is 33.0 Å². The third kappa shape index (κ3) is 3.28. The fourth-order valence-electron chi connectivity index (χ4n) is 1.77. The van der Waals surface area contributed by atoms with Gasteiger partial charge in [0.15, 0.2) is 0 Å².